The molecule has 1 heterocycles. The highest BCUT2D eigenvalue weighted by Crippen LogP contribution is 2.43. The molecular formula is C23H31N3O3. The van der Waals surface area contributed by atoms with E-state index >= 15 is 0 Å². The summed E-state index contributed by atoms with van der Waals surface area (Å²) in [7, 11) is 0. The molecule has 0 spiro atoms. The first-order valence-corrected chi connectivity index (χ1v) is 10.5. The zero-order valence-corrected chi connectivity index (χ0v) is 17.8. The van der Waals surface area contributed by atoms with Crippen LogP contribution in [0.15, 0.2) is 24.3 Å². The number of likely N-dealkylation sites (tertiary alicyclic amines) is 1. The van der Waals surface area contributed by atoms with Crippen molar-refractivity contribution >= 4 is 12.0 Å². The summed E-state index contributed by atoms with van der Waals surface area (Å²) in [5.41, 5.74) is 1.63. The van der Waals surface area contributed by atoms with Crippen molar-refractivity contribution in [2.45, 2.75) is 83.5 Å². The maximum Gasteiger partial charge on any atom is 0.411 e. The number of aryl methyl sites for hydroxylation is 1. The Kier molecular flexibility index (Phi) is 6.16. The van der Waals surface area contributed by atoms with Gasteiger partial charge in [0.2, 0.25) is 5.91 Å². The average molecular weight is 398 g/mol. The summed E-state index contributed by atoms with van der Waals surface area (Å²) in [4.78, 5) is 27.4. The highest BCUT2D eigenvalue weighted by Gasteiger charge is 2.52. The molecule has 2 amide bonds. The van der Waals surface area contributed by atoms with Crippen LogP contribution in [-0.2, 0) is 22.4 Å². The number of nitrogens with one attached hydrogen (secondary N) is 1. The Labute approximate surface area is 173 Å². The number of carbonyl (C=O) groups excluding carboxylic acids is 2. The number of hydrogen-bond acceptors (Lipinski definition) is 4. The van der Waals surface area contributed by atoms with Crippen molar-refractivity contribution in [3.63, 3.8) is 0 Å². The molecule has 3 rings (SSSR count). The maximum absolute atomic E-state index is 13.1. The van der Waals surface area contributed by atoms with Crippen LogP contribution in [0.25, 0.3) is 0 Å². The molecule has 2 fully saturated rings. The molecule has 1 aromatic carbocycles. The Morgan fingerprint density at radius 2 is 1.90 bits per heavy atom. The van der Waals surface area contributed by atoms with Crippen molar-refractivity contribution in [3.05, 3.63) is 35.4 Å². The molecule has 1 aliphatic heterocycles. The van der Waals surface area contributed by atoms with E-state index in [0.717, 1.165) is 31.2 Å². The van der Waals surface area contributed by atoms with Crippen LogP contribution in [0, 0.1) is 17.2 Å². The number of piperidine rings is 1. The molecule has 0 aromatic heterocycles. The third-order valence-corrected chi connectivity index (χ3v) is 5.80. The van der Waals surface area contributed by atoms with Crippen molar-refractivity contribution < 1.29 is 14.3 Å². The monoisotopic (exact) mass is 397 g/mol. The number of hydrogen-bond donors (Lipinski definition) is 1. The van der Waals surface area contributed by atoms with Gasteiger partial charge in [0.15, 0.2) is 0 Å². The third kappa shape index (κ3) is 4.90. The van der Waals surface area contributed by atoms with Gasteiger partial charge < -0.3 is 10.1 Å². The maximum atomic E-state index is 13.1. The van der Waals surface area contributed by atoms with Crippen LogP contribution in [-0.4, -0.2) is 40.6 Å². The van der Waals surface area contributed by atoms with Crippen molar-refractivity contribution in [2.75, 3.05) is 0 Å². The van der Waals surface area contributed by atoms with E-state index in [1.165, 1.54) is 5.56 Å². The van der Waals surface area contributed by atoms with E-state index in [1.807, 2.05) is 45.0 Å². The van der Waals surface area contributed by atoms with Gasteiger partial charge in [0.1, 0.15) is 17.7 Å². The van der Waals surface area contributed by atoms with Gasteiger partial charge in [-0.05, 0) is 63.5 Å². The normalized spacial score (nSPS) is 24.1. The molecule has 156 valence electrons. The van der Waals surface area contributed by atoms with Crippen molar-refractivity contribution in [1.82, 2.24) is 10.2 Å². The lowest BCUT2D eigenvalue weighted by atomic mass is 9.97. The number of ether oxygens (including phenoxy) is 1. The SMILES string of the molecule is CCc1ccc(CC(C#N)NC(=O)C2C3CCC(C3)N2C(=O)OC(C)(C)C)cc1. The van der Waals surface area contributed by atoms with Gasteiger partial charge in [0, 0.05) is 12.5 Å². The molecule has 1 saturated heterocycles. The van der Waals surface area contributed by atoms with E-state index in [9.17, 15) is 14.9 Å². The number of fused-ring (bicyclic) bond motifs is 2. The van der Waals surface area contributed by atoms with Crippen molar-refractivity contribution in [3.8, 4) is 6.07 Å². The zero-order valence-electron chi connectivity index (χ0n) is 17.8. The molecule has 6 heteroatoms. The second-order valence-electron chi connectivity index (χ2n) is 9.12. The van der Waals surface area contributed by atoms with E-state index in [2.05, 4.69) is 18.3 Å². The molecule has 4 atom stereocenters. The minimum atomic E-state index is -0.630. The number of rotatable bonds is 5. The van der Waals surface area contributed by atoms with Gasteiger partial charge in [0.25, 0.3) is 0 Å². The number of nitriles is 1. The predicted molar refractivity (Wildman–Crippen MR) is 110 cm³/mol. The minimum absolute atomic E-state index is 0.0488. The minimum Gasteiger partial charge on any atom is -0.444 e. The molecule has 2 bridgehead atoms. The molecule has 29 heavy (non-hydrogen) atoms. The lowest BCUT2D eigenvalue weighted by Crippen LogP contribution is -2.55. The Morgan fingerprint density at radius 1 is 1.24 bits per heavy atom. The van der Waals surface area contributed by atoms with Crippen LogP contribution in [0.4, 0.5) is 4.79 Å². The summed E-state index contributed by atoms with van der Waals surface area (Å²) in [5.74, 6) is -0.115. The summed E-state index contributed by atoms with van der Waals surface area (Å²) in [6.07, 6.45) is 3.63. The second-order valence-corrected chi connectivity index (χ2v) is 9.12. The van der Waals surface area contributed by atoms with Crippen LogP contribution in [0.2, 0.25) is 0 Å². The first-order chi connectivity index (χ1) is 13.7. The standard InChI is InChI=1S/C23H31N3O3/c1-5-15-6-8-16(9-7-15)12-18(14-24)25-21(27)20-17-10-11-19(13-17)26(20)22(28)29-23(2,3)4/h6-9,17-20H,5,10-13H2,1-4H3,(H,25,27). The van der Waals surface area contributed by atoms with E-state index in [-0.39, 0.29) is 17.9 Å². The first kappa shape index (κ1) is 21.2. The lowest BCUT2D eigenvalue weighted by Gasteiger charge is -2.35. The lowest BCUT2D eigenvalue weighted by molar-refractivity contribution is -0.128. The van der Waals surface area contributed by atoms with E-state index in [1.54, 1.807) is 4.90 Å². The number of amides is 2. The molecule has 6 nitrogen and oxygen atoms in total. The van der Waals surface area contributed by atoms with Gasteiger partial charge in [-0.2, -0.15) is 5.26 Å². The zero-order chi connectivity index (χ0) is 21.2. The Hall–Kier alpha value is -2.55. The quantitative estimate of drug-likeness (QED) is 0.823. The van der Waals surface area contributed by atoms with Crippen LogP contribution in [0.3, 0.4) is 0 Å². The summed E-state index contributed by atoms with van der Waals surface area (Å²) < 4.78 is 5.55. The summed E-state index contributed by atoms with van der Waals surface area (Å²) in [5, 5.41) is 12.4. The molecule has 2 aliphatic rings. The summed E-state index contributed by atoms with van der Waals surface area (Å²) >= 11 is 0. The first-order valence-electron chi connectivity index (χ1n) is 10.5. The fourth-order valence-electron chi connectivity index (χ4n) is 4.44. The predicted octanol–water partition coefficient (Wildman–Crippen LogP) is 3.59. The third-order valence-electron chi connectivity index (χ3n) is 5.80. The Morgan fingerprint density at radius 3 is 2.48 bits per heavy atom. The van der Waals surface area contributed by atoms with E-state index < -0.39 is 23.8 Å². The summed E-state index contributed by atoms with van der Waals surface area (Å²) in [6.45, 7) is 7.57. The number of carbonyl (C=O) groups is 2. The van der Waals surface area contributed by atoms with Gasteiger partial charge in [0.05, 0.1) is 6.07 Å². The number of benzene rings is 1. The second kappa shape index (κ2) is 8.44. The topological polar surface area (TPSA) is 82.4 Å². The van der Waals surface area contributed by atoms with Gasteiger partial charge in [-0.1, -0.05) is 31.2 Å². The smallest absolute Gasteiger partial charge is 0.411 e. The Bertz CT molecular complexity index is 791. The molecular weight excluding hydrogens is 366 g/mol. The average Bonchev–Trinajstić information content (AvgIpc) is 3.28. The van der Waals surface area contributed by atoms with Crippen LogP contribution >= 0.6 is 0 Å². The van der Waals surface area contributed by atoms with Crippen LogP contribution in [0.5, 0.6) is 0 Å². The molecule has 1 saturated carbocycles. The molecule has 1 N–H and O–H groups in total. The van der Waals surface area contributed by atoms with Gasteiger partial charge in [-0.25, -0.2) is 4.79 Å². The largest absolute Gasteiger partial charge is 0.444 e. The Balaban J connectivity index is 1.68. The van der Waals surface area contributed by atoms with Crippen molar-refractivity contribution in [2.24, 2.45) is 5.92 Å². The molecule has 4 unspecified atom stereocenters. The fraction of sp³-hybridized carbons (Fsp3) is 0.609. The van der Waals surface area contributed by atoms with Crippen molar-refractivity contribution in [1.29, 1.82) is 5.26 Å². The van der Waals surface area contributed by atoms with Crippen LogP contribution < -0.4 is 5.32 Å². The molecule has 0 radical (unpaired) electrons. The number of nitrogens with zero attached hydrogens (tertiary/aromatic N) is 2. The van der Waals surface area contributed by atoms with Crippen LogP contribution in [0.1, 0.15) is 58.1 Å². The van der Waals surface area contributed by atoms with Gasteiger partial charge >= 0.3 is 6.09 Å². The highest BCUT2D eigenvalue weighted by molar-refractivity contribution is 5.87. The van der Waals surface area contributed by atoms with E-state index in [0.29, 0.717) is 6.42 Å². The molecule has 1 aromatic rings. The van der Waals surface area contributed by atoms with E-state index in [4.69, 9.17) is 4.74 Å². The highest BCUT2D eigenvalue weighted by atomic mass is 16.6. The fourth-order valence-corrected chi connectivity index (χ4v) is 4.44. The van der Waals surface area contributed by atoms with Gasteiger partial charge in [-0.15, -0.1) is 0 Å². The summed E-state index contributed by atoms with van der Waals surface area (Å²) in [6, 6.07) is 9.15. The van der Waals surface area contributed by atoms with Gasteiger partial charge in [-0.3, -0.25) is 9.69 Å². The molecule has 1 aliphatic carbocycles.